The van der Waals surface area contributed by atoms with E-state index in [4.69, 9.17) is 0 Å². The summed E-state index contributed by atoms with van der Waals surface area (Å²) in [5.74, 6) is 0. The monoisotopic (exact) mass is 237 g/mol. The van der Waals surface area contributed by atoms with E-state index in [2.05, 4.69) is 50.1 Å². The average Bonchev–Trinajstić information content (AvgIpc) is 2.26. The summed E-state index contributed by atoms with van der Waals surface area (Å²) in [6, 6.07) is 2.31. The third kappa shape index (κ3) is 3.97. The van der Waals surface area contributed by atoms with Crippen LogP contribution in [-0.2, 0) is 12.0 Å². The third-order valence-corrected chi connectivity index (χ3v) is 2.90. The molecule has 0 saturated heterocycles. The molecule has 1 aromatic heterocycles. The summed E-state index contributed by atoms with van der Waals surface area (Å²) in [5.41, 5.74) is 1.52. The van der Waals surface area contributed by atoms with Crippen LogP contribution in [0.5, 0.6) is 0 Å². The van der Waals surface area contributed by atoms with Crippen LogP contribution in [0.15, 0.2) is 10.9 Å². The van der Waals surface area contributed by atoms with Crippen molar-refractivity contribution in [3.05, 3.63) is 27.7 Å². The van der Waals surface area contributed by atoms with E-state index in [0.717, 1.165) is 17.7 Å². The fourth-order valence-electron chi connectivity index (χ4n) is 1.39. The minimum absolute atomic E-state index is 0.0463. The van der Waals surface area contributed by atoms with Crippen molar-refractivity contribution in [2.75, 3.05) is 0 Å². The summed E-state index contributed by atoms with van der Waals surface area (Å²) >= 11 is 0. The summed E-state index contributed by atoms with van der Waals surface area (Å²) in [4.78, 5) is 11.6. The standard InChI is InChI=1S/C13H23N3O/c1-6-9(2)14-8-10-7-11(13(3,4)5)15-16-12(10)17/h7,9,14H,6,8H2,1-5H3,(H,16,17). The average molecular weight is 237 g/mol. The number of nitrogens with zero attached hydrogens (tertiary/aromatic N) is 1. The van der Waals surface area contributed by atoms with Gasteiger partial charge in [-0.05, 0) is 19.4 Å². The second-order valence-electron chi connectivity index (χ2n) is 5.55. The van der Waals surface area contributed by atoms with Gasteiger partial charge in [0.15, 0.2) is 0 Å². The van der Waals surface area contributed by atoms with Gasteiger partial charge in [0.05, 0.1) is 5.69 Å². The Hall–Kier alpha value is -1.16. The smallest absolute Gasteiger partial charge is 0.268 e. The molecule has 0 aliphatic rings. The third-order valence-electron chi connectivity index (χ3n) is 2.90. The van der Waals surface area contributed by atoms with E-state index in [1.54, 1.807) is 0 Å². The number of aromatic amines is 1. The van der Waals surface area contributed by atoms with Crippen LogP contribution < -0.4 is 10.9 Å². The summed E-state index contributed by atoms with van der Waals surface area (Å²) in [6.45, 7) is 11.1. The highest BCUT2D eigenvalue weighted by atomic mass is 16.1. The van der Waals surface area contributed by atoms with Crippen molar-refractivity contribution in [1.82, 2.24) is 15.5 Å². The summed E-state index contributed by atoms with van der Waals surface area (Å²) in [7, 11) is 0. The highest BCUT2D eigenvalue weighted by molar-refractivity contribution is 5.18. The maximum absolute atomic E-state index is 11.6. The first-order valence-corrected chi connectivity index (χ1v) is 6.17. The molecule has 17 heavy (non-hydrogen) atoms. The Labute approximate surface area is 103 Å². The molecule has 0 radical (unpaired) electrons. The number of hydrogen-bond donors (Lipinski definition) is 2. The number of nitrogens with one attached hydrogen (secondary N) is 2. The molecule has 1 unspecified atom stereocenters. The minimum Gasteiger partial charge on any atom is -0.310 e. The zero-order valence-corrected chi connectivity index (χ0v) is 11.4. The normalized spacial score (nSPS) is 13.7. The summed E-state index contributed by atoms with van der Waals surface area (Å²) < 4.78 is 0. The van der Waals surface area contributed by atoms with E-state index in [0.29, 0.717) is 12.6 Å². The number of rotatable bonds is 4. The molecule has 0 aliphatic carbocycles. The van der Waals surface area contributed by atoms with Gasteiger partial charge in [-0.25, -0.2) is 5.10 Å². The maximum Gasteiger partial charge on any atom is 0.268 e. The molecular weight excluding hydrogens is 214 g/mol. The Bertz CT molecular complexity index is 417. The summed E-state index contributed by atoms with van der Waals surface area (Å²) in [5, 5.41) is 9.98. The lowest BCUT2D eigenvalue weighted by molar-refractivity contribution is 0.524. The summed E-state index contributed by atoms with van der Waals surface area (Å²) in [6.07, 6.45) is 1.05. The maximum atomic E-state index is 11.6. The van der Waals surface area contributed by atoms with Gasteiger partial charge in [-0.1, -0.05) is 27.7 Å². The number of H-pyrrole nitrogens is 1. The Balaban J connectivity index is 2.88. The fraction of sp³-hybridized carbons (Fsp3) is 0.692. The van der Waals surface area contributed by atoms with Crippen LogP contribution in [0, 0.1) is 0 Å². The first-order chi connectivity index (χ1) is 7.84. The predicted octanol–water partition coefficient (Wildman–Crippen LogP) is 1.96. The zero-order chi connectivity index (χ0) is 13.1. The molecule has 1 aromatic rings. The molecule has 0 fully saturated rings. The van der Waals surface area contributed by atoms with Gasteiger partial charge in [-0.3, -0.25) is 4.79 Å². The van der Waals surface area contributed by atoms with Crippen LogP contribution in [-0.4, -0.2) is 16.2 Å². The van der Waals surface area contributed by atoms with Gasteiger partial charge in [0, 0.05) is 23.6 Å². The minimum atomic E-state index is -0.103. The highest BCUT2D eigenvalue weighted by Gasteiger charge is 2.17. The zero-order valence-electron chi connectivity index (χ0n) is 11.4. The van der Waals surface area contributed by atoms with Crippen LogP contribution in [0.2, 0.25) is 0 Å². The molecule has 0 saturated carbocycles. The molecule has 0 aliphatic heterocycles. The van der Waals surface area contributed by atoms with E-state index >= 15 is 0 Å². The SMILES string of the molecule is CCC(C)NCc1cc(C(C)(C)C)n[nH]c1=O. The van der Waals surface area contributed by atoms with Crippen LogP contribution >= 0.6 is 0 Å². The molecule has 0 amide bonds. The van der Waals surface area contributed by atoms with Crippen molar-refractivity contribution in [3.8, 4) is 0 Å². The van der Waals surface area contributed by atoms with E-state index in [-0.39, 0.29) is 11.0 Å². The van der Waals surface area contributed by atoms with Gasteiger partial charge in [0.1, 0.15) is 0 Å². The van der Waals surface area contributed by atoms with Gasteiger partial charge >= 0.3 is 0 Å². The van der Waals surface area contributed by atoms with Crippen molar-refractivity contribution in [3.63, 3.8) is 0 Å². The van der Waals surface area contributed by atoms with E-state index in [1.807, 2.05) is 6.07 Å². The molecule has 96 valence electrons. The lowest BCUT2D eigenvalue weighted by Gasteiger charge is -2.18. The first kappa shape index (κ1) is 13.9. The van der Waals surface area contributed by atoms with Gasteiger partial charge in [-0.2, -0.15) is 5.10 Å². The van der Waals surface area contributed by atoms with Crippen molar-refractivity contribution in [2.45, 2.75) is 59.0 Å². The van der Waals surface area contributed by atoms with E-state index in [1.165, 1.54) is 0 Å². The Morgan fingerprint density at radius 1 is 1.47 bits per heavy atom. The second kappa shape index (κ2) is 5.45. The molecular formula is C13H23N3O. The molecule has 0 aromatic carbocycles. The fourth-order valence-corrected chi connectivity index (χ4v) is 1.39. The largest absolute Gasteiger partial charge is 0.310 e. The van der Waals surface area contributed by atoms with Crippen LogP contribution in [0.4, 0.5) is 0 Å². The van der Waals surface area contributed by atoms with E-state index in [9.17, 15) is 4.79 Å². The predicted molar refractivity (Wildman–Crippen MR) is 70.2 cm³/mol. The van der Waals surface area contributed by atoms with Crippen molar-refractivity contribution < 1.29 is 0 Å². The molecule has 2 N–H and O–H groups in total. The van der Waals surface area contributed by atoms with Crippen molar-refractivity contribution >= 4 is 0 Å². The Morgan fingerprint density at radius 3 is 2.65 bits per heavy atom. The Morgan fingerprint density at radius 2 is 2.12 bits per heavy atom. The number of aromatic nitrogens is 2. The lowest BCUT2D eigenvalue weighted by atomic mass is 9.91. The molecule has 1 atom stereocenters. The van der Waals surface area contributed by atoms with Gasteiger partial charge in [-0.15, -0.1) is 0 Å². The van der Waals surface area contributed by atoms with Gasteiger partial charge in [0.2, 0.25) is 0 Å². The Kier molecular flexibility index (Phi) is 4.46. The topological polar surface area (TPSA) is 57.8 Å². The van der Waals surface area contributed by atoms with Gasteiger partial charge in [0.25, 0.3) is 5.56 Å². The molecule has 0 spiro atoms. The molecule has 4 nitrogen and oxygen atoms in total. The van der Waals surface area contributed by atoms with Gasteiger partial charge < -0.3 is 5.32 Å². The van der Waals surface area contributed by atoms with Crippen molar-refractivity contribution in [2.24, 2.45) is 0 Å². The molecule has 1 heterocycles. The molecule has 1 rings (SSSR count). The number of hydrogen-bond acceptors (Lipinski definition) is 3. The lowest BCUT2D eigenvalue weighted by Crippen LogP contribution is -2.29. The van der Waals surface area contributed by atoms with Crippen LogP contribution in [0.1, 0.15) is 52.3 Å². The second-order valence-corrected chi connectivity index (χ2v) is 5.55. The van der Waals surface area contributed by atoms with Crippen LogP contribution in [0.25, 0.3) is 0 Å². The highest BCUT2D eigenvalue weighted by Crippen LogP contribution is 2.18. The molecule has 0 bridgehead atoms. The quantitative estimate of drug-likeness (QED) is 0.841. The van der Waals surface area contributed by atoms with Crippen molar-refractivity contribution in [1.29, 1.82) is 0 Å². The first-order valence-electron chi connectivity index (χ1n) is 6.17. The molecule has 4 heteroatoms. The van der Waals surface area contributed by atoms with Crippen LogP contribution in [0.3, 0.4) is 0 Å². The van der Waals surface area contributed by atoms with E-state index < -0.39 is 0 Å².